The lowest BCUT2D eigenvalue weighted by atomic mass is 9.95. The van der Waals surface area contributed by atoms with Crippen molar-refractivity contribution in [1.29, 1.82) is 0 Å². The monoisotopic (exact) mass is 429 g/mol. The minimum atomic E-state index is 0.801. The number of benzene rings is 4. The molecule has 0 aliphatic heterocycles. The molecule has 1 N–H and O–H groups in total. The van der Waals surface area contributed by atoms with E-state index in [4.69, 9.17) is 4.74 Å². The van der Waals surface area contributed by atoms with E-state index in [0.717, 1.165) is 32.7 Å². The first-order valence-corrected chi connectivity index (χ1v) is 9.89. The lowest BCUT2D eigenvalue weighted by Gasteiger charge is -2.18. The van der Waals surface area contributed by atoms with Crippen LogP contribution in [0.15, 0.2) is 102 Å². The van der Waals surface area contributed by atoms with E-state index in [9.17, 15) is 0 Å². The fourth-order valence-corrected chi connectivity index (χ4v) is 3.77. The molecule has 0 bridgehead atoms. The minimum Gasteiger partial charge on any atom is -0.497 e. The van der Waals surface area contributed by atoms with Crippen LogP contribution in [0.1, 0.15) is 0 Å². The Bertz CT molecular complexity index is 1020. The molecule has 4 aromatic carbocycles. The molecule has 0 amide bonds. The molecule has 0 aromatic heterocycles. The van der Waals surface area contributed by atoms with E-state index in [2.05, 4.69) is 94.0 Å². The smallest absolute Gasteiger partial charge is 0.122 e. The average molecular weight is 430 g/mol. The van der Waals surface area contributed by atoms with Crippen LogP contribution >= 0.6 is 15.9 Å². The number of nitrogens with one attached hydrogen (secondary N) is 1. The van der Waals surface area contributed by atoms with Gasteiger partial charge in [0.05, 0.1) is 12.8 Å². The number of halogens is 1. The highest BCUT2D eigenvalue weighted by Gasteiger charge is 2.13. The molecule has 4 aromatic rings. The molecule has 2 nitrogen and oxygen atoms in total. The highest BCUT2D eigenvalue weighted by Crippen LogP contribution is 2.39. The van der Waals surface area contributed by atoms with Gasteiger partial charge in [-0.2, -0.15) is 0 Å². The molecule has 0 fully saturated rings. The van der Waals surface area contributed by atoms with Gasteiger partial charge in [0.1, 0.15) is 5.75 Å². The Kier molecular flexibility index (Phi) is 5.45. The summed E-state index contributed by atoms with van der Waals surface area (Å²) in [6, 6.07) is 33.3. The lowest BCUT2D eigenvalue weighted by Crippen LogP contribution is -1.97. The van der Waals surface area contributed by atoms with Crippen molar-refractivity contribution in [2.45, 2.75) is 0 Å². The number of rotatable bonds is 5. The number of hydrogen-bond acceptors (Lipinski definition) is 2. The number of hydrogen-bond donors (Lipinski definition) is 1. The third kappa shape index (κ3) is 3.95. The summed E-state index contributed by atoms with van der Waals surface area (Å²) in [5.74, 6) is 0.801. The van der Waals surface area contributed by atoms with Gasteiger partial charge >= 0.3 is 0 Å². The highest BCUT2D eigenvalue weighted by atomic mass is 79.9. The fraction of sp³-hybridized carbons (Fsp3) is 0.0400. The predicted octanol–water partition coefficient (Wildman–Crippen LogP) is 7.54. The van der Waals surface area contributed by atoms with Crippen molar-refractivity contribution < 1.29 is 4.74 Å². The van der Waals surface area contributed by atoms with Gasteiger partial charge in [-0.1, -0.05) is 94.8 Å². The molecule has 0 atom stereocenters. The Morgan fingerprint density at radius 2 is 1.25 bits per heavy atom. The van der Waals surface area contributed by atoms with Crippen molar-refractivity contribution in [3.63, 3.8) is 0 Å². The normalized spacial score (nSPS) is 10.5. The summed E-state index contributed by atoms with van der Waals surface area (Å²) in [6.07, 6.45) is 0. The molecule has 3 heteroatoms. The standard InChI is InChI=1S/C25H20BrNO/c1-28-22-16-20(26)15-21(17-22)27-25-23(18-9-4-2-5-10-18)13-8-14-24(25)19-11-6-3-7-12-19/h2-17,27H,1H3. The van der Waals surface area contributed by atoms with Gasteiger partial charge in [-0.25, -0.2) is 0 Å². The maximum Gasteiger partial charge on any atom is 0.122 e. The van der Waals surface area contributed by atoms with E-state index >= 15 is 0 Å². The first-order valence-electron chi connectivity index (χ1n) is 9.10. The second-order valence-corrected chi connectivity index (χ2v) is 7.38. The zero-order chi connectivity index (χ0) is 19.3. The quantitative estimate of drug-likeness (QED) is 0.353. The molecule has 0 unspecified atom stereocenters. The maximum atomic E-state index is 5.43. The molecule has 4 rings (SSSR count). The van der Waals surface area contributed by atoms with E-state index in [0.29, 0.717) is 0 Å². The summed E-state index contributed by atoms with van der Waals surface area (Å²) in [5.41, 5.74) is 6.68. The van der Waals surface area contributed by atoms with Gasteiger partial charge in [-0.05, 0) is 23.3 Å². The molecule has 0 spiro atoms. The van der Waals surface area contributed by atoms with E-state index < -0.39 is 0 Å². The first kappa shape index (κ1) is 18.3. The zero-order valence-electron chi connectivity index (χ0n) is 15.5. The Morgan fingerprint density at radius 1 is 0.679 bits per heavy atom. The molecular formula is C25H20BrNO. The van der Waals surface area contributed by atoms with Crippen molar-refractivity contribution in [2.24, 2.45) is 0 Å². The summed E-state index contributed by atoms with van der Waals surface area (Å²) in [5, 5.41) is 3.64. The number of methoxy groups -OCH3 is 1. The third-order valence-electron chi connectivity index (χ3n) is 4.61. The molecule has 0 aliphatic carbocycles. The van der Waals surface area contributed by atoms with E-state index in [-0.39, 0.29) is 0 Å². The highest BCUT2D eigenvalue weighted by molar-refractivity contribution is 9.10. The van der Waals surface area contributed by atoms with Crippen LogP contribution in [-0.4, -0.2) is 7.11 Å². The van der Waals surface area contributed by atoms with E-state index in [1.807, 2.05) is 24.3 Å². The van der Waals surface area contributed by atoms with Crippen LogP contribution in [0.4, 0.5) is 11.4 Å². The Balaban J connectivity index is 1.89. The molecule has 0 radical (unpaired) electrons. The Labute approximate surface area is 173 Å². The van der Waals surface area contributed by atoms with Crippen molar-refractivity contribution >= 4 is 27.3 Å². The molecule has 0 heterocycles. The first-order chi connectivity index (χ1) is 13.7. The van der Waals surface area contributed by atoms with Gasteiger partial charge in [0, 0.05) is 27.4 Å². The molecule has 138 valence electrons. The maximum absolute atomic E-state index is 5.43. The summed E-state index contributed by atoms with van der Waals surface area (Å²) >= 11 is 3.57. The van der Waals surface area contributed by atoms with Gasteiger partial charge in [0.25, 0.3) is 0 Å². The summed E-state index contributed by atoms with van der Waals surface area (Å²) in [7, 11) is 1.68. The lowest BCUT2D eigenvalue weighted by molar-refractivity contribution is 0.415. The molecule has 0 saturated heterocycles. The van der Waals surface area contributed by atoms with Gasteiger partial charge < -0.3 is 10.1 Å². The summed E-state index contributed by atoms with van der Waals surface area (Å²) in [6.45, 7) is 0. The topological polar surface area (TPSA) is 21.3 Å². The van der Waals surface area contributed by atoms with Crippen molar-refractivity contribution in [3.05, 3.63) is 102 Å². The SMILES string of the molecule is COc1cc(Br)cc(Nc2c(-c3ccccc3)cccc2-c2ccccc2)c1. The second kappa shape index (κ2) is 8.32. The summed E-state index contributed by atoms with van der Waals surface area (Å²) < 4.78 is 6.40. The molecular weight excluding hydrogens is 410 g/mol. The van der Waals surface area contributed by atoms with Crippen LogP contribution in [0.3, 0.4) is 0 Å². The number of para-hydroxylation sites is 1. The van der Waals surface area contributed by atoms with Crippen LogP contribution in [0.25, 0.3) is 22.3 Å². The van der Waals surface area contributed by atoms with E-state index in [1.165, 1.54) is 11.1 Å². The zero-order valence-corrected chi connectivity index (χ0v) is 17.1. The third-order valence-corrected chi connectivity index (χ3v) is 5.07. The van der Waals surface area contributed by atoms with Gasteiger partial charge in [-0.15, -0.1) is 0 Å². The van der Waals surface area contributed by atoms with Crippen LogP contribution in [0.5, 0.6) is 5.75 Å². The van der Waals surface area contributed by atoms with Crippen molar-refractivity contribution in [2.75, 3.05) is 12.4 Å². The second-order valence-electron chi connectivity index (χ2n) is 6.46. The largest absolute Gasteiger partial charge is 0.497 e. The molecule has 0 saturated carbocycles. The Hall–Kier alpha value is -3.04. The van der Waals surface area contributed by atoms with Crippen LogP contribution in [0, 0.1) is 0 Å². The molecule has 0 aliphatic rings. The molecule has 28 heavy (non-hydrogen) atoms. The van der Waals surface area contributed by atoms with Gasteiger partial charge in [0.2, 0.25) is 0 Å². The van der Waals surface area contributed by atoms with Gasteiger partial charge in [0.15, 0.2) is 0 Å². The Morgan fingerprint density at radius 3 is 1.79 bits per heavy atom. The van der Waals surface area contributed by atoms with Gasteiger partial charge in [-0.3, -0.25) is 0 Å². The fourth-order valence-electron chi connectivity index (χ4n) is 3.30. The minimum absolute atomic E-state index is 0.801. The van der Waals surface area contributed by atoms with Crippen LogP contribution < -0.4 is 10.1 Å². The van der Waals surface area contributed by atoms with Crippen LogP contribution in [0.2, 0.25) is 0 Å². The van der Waals surface area contributed by atoms with Crippen LogP contribution in [-0.2, 0) is 0 Å². The number of anilines is 2. The number of ether oxygens (including phenoxy) is 1. The van der Waals surface area contributed by atoms with Crippen molar-refractivity contribution in [1.82, 2.24) is 0 Å². The summed E-state index contributed by atoms with van der Waals surface area (Å²) in [4.78, 5) is 0. The van der Waals surface area contributed by atoms with Crippen molar-refractivity contribution in [3.8, 4) is 28.0 Å². The predicted molar refractivity (Wildman–Crippen MR) is 121 cm³/mol. The average Bonchev–Trinajstić information content (AvgIpc) is 2.74. The van der Waals surface area contributed by atoms with E-state index in [1.54, 1.807) is 7.11 Å².